The molecule has 0 N–H and O–H groups in total. The molecule has 1 aliphatic rings. The van der Waals surface area contributed by atoms with Crippen LogP contribution in [0.1, 0.15) is 18.4 Å². The van der Waals surface area contributed by atoms with Gasteiger partial charge in [-0.25, -0.2) is 4.79 Å². The molecule has 0 aliphatic heterocycles. The average molecular weight is 416 g/mol. The van der Waals surface area contributed by atoms with E-state index >= 15 is 0 Å². The van der Waals surface area contributed by atoms with Crippen LogP contribution in [-0.4, -0.2) is 28.8 Å². The number of carbonyl (C=O) groups excluding carboxylic acids is 3. The van der Waals surface area contributed by atoms with E-state index in [2.05, 4.69) is 22.6 Å². The summed E-state index contributed by atoms with van der Waals surface area (Å²) in [4.78, 5) is 36.0. The van der Waals surface area contributed by atoms with Crippen molar-refractivity contribution in [1.82, 2.24) is 0 Å². The van der Waals surface area contributed by atoms with Crippen molar-refractivity contribution in [3.8, 4) is 0 Å². The van der Waals surface area contributed by atoms with Crippen LogP contribution in [-0.2, 0) is 30.5 Å². The first kappa shape index (κ1) is 16.9. The van der Waals surface area contributed by atoms with E-state index in [1.807, 2.05) is 30.3 Å². The number of hydrogen-bond acceptors (Lipinski definition) is 5. The lowest BCUT2D eigenvalue weighted by molar-refractivity contribution is -0.159. The van der Waals surface area contributed by atoms with Gasteiger partial charge in [0, 0.05) is 3.92 Å². The van der Waals surface area contributed by atoms with E-state index in [0.29, 0.717) is 12.8 Å². The number of methoxy groups -OCH3 is 1. The molecule has 0 bridgehead atoms. The summed E-state index contributed by atoms with van der Waals surface area (Å²) in [6.45, 7) is 0.0485. The molecule has 1 aliphatic carbocycles. The molecule has 0 aromatic heterocycles. The van der Waals surface area contributed by atoms with E-state index in [1.165, 1.54) is 7.11 Å². The van der Waals surface area contributed by atoms with Crippen molar-refractivity contribution >= 4 is 40.3 Å². The van der Waals surface area contributed by atoms with Crippen molar-refractivity contribution in [2.24, 2.45) is 11.8 Å². The number of esters is 2. The zero-order valence-corrected chi connectivity index (χ0v) is 14.3. The summed E-state index contributed by atoms with van der Waals surface area (Å²) in [6, 6.07) is 9.14. The number of Topliss-reactive ketones (excluding diaryl/α,β-unsaturated/α-hetero) is 1. The molecule has 0 saturated heterocycles. The Balaban J connectivity index is 1.99. The summed E-state index contributed by atoms with van der Waals surface area (Å²) >= 11 is 2.11. The summed E-state index contributed by atoms with van der Waals surface area (Å²) in [5.41, 5.74) is 0.811. The van der Waals surface area contributed by atoms with Crippen LogP contribution in [0.15, 0.2) is 30.3 Å². The summed E-state index contributed by atoms with van der Waals surface area (Å²) < 4.78 is 9.74. The molecule has 2 rings (SSSR count). The molecule has 1 aromatic rings. The topological polar surface area (TPSA) is 69.7 Å². The lowest BCUT2D eigenvalue weighted by Crippen LogP contribution is -2.35. The van der Waals surface area contributed by atoms with Crippen LogP contribution in [0.2, 0.25) is 0 Å². The van der Waals surface area contributed by atoms with Gasteiger partial charge in [0.15, 0.2) is 0 Å². The maximum atomic E-state index is 12.3. The fraction of sp³-hybridized carbons (Fsp3) is 0.438. The Bertz CT molecular complexity index is 557. The third-order valence-electron chi connectivity index (χ3n) is 3.80. The number of alkyl halides is 1. The lowest BCUT2D eigenvalue weighted by Gasteiger charge is -2.18. The van der Waals surface area contributed by atoms with E-state index in [0.717, 1.165) is 5.56 Å². The Morgan fingerprint density at radius 2 is 1.86 bits per heavy atom. The maximum absolute atomic E-state index is 12.3. The number of hydrogen-bond donors (Lipinski definition) is 0. The SMILES string of the molecule is COC(=O)[C@@H]1CC[C@H](I)C1C(=O)C(=O)OCc1ccccc1. The van der Waals surface area contributed by atoms with Gasteiger partial charge in [0.2, 0.25) is 5.78 Å². The normalized spacial score (nSPS) is 23.8. The fourth-order valence-corrected chi connectivity index (χ4v) is 3.83. The molecule has 1 fully saturated rings. The summed E-state index contributed by atoms with van der Waals surface area (Å²) in [7, 11) is 1.29. The molecule has 3 atom stereocenters. The Kier molecular flexibility index (Phi) is 5.93. The van der Waals surface area contributed by atoms with E-state index in [9.17, 15) is 14.4 Å². The number of carbonyl (C=O) groups is 3. The highest BCUT2D eigenvalue weighted by Gasteiger charge is 2.46. The minimum atomic E-state index is -0.883. The Morgan fingerprint density at radius 1 is 1.18 bits per heavy atom. The molecule has 1 unspecified atom stereocenters. The van der Waals surface area contributed by atoms with E-state index in [4.69, 9.17) is 9.47 Å². The second kappa shape index (κ2) is 7.71. The molecule has 1 saturated carbocycles. The monoisotopic (exact) mass is 416 g/mol. The number of benzene rings is 1. The molecule has 0 spiro atoms. The van der Waals surface area contributed by atoms with Crippen LogP contribution in [0.4, 0.5) is 0 Å². The Labute approximate surface area is 142 Å². The average Bonchev–Trinajstić information content (AvgIpc) is 2.93. The molecular formula is C16H17IO5. The smallest absolute Gasteiger partial charge is 0.375 e. The third kappa shape index (κ3) is 3.85. The van der Waals surface area contributed by atoms with Gasteiger partial charge in [-0.05, 0) is 18.4 Å². The number of rotatable bonds is 5. The number of halogens is 1. The van der Waals surface area contributed by atoms with Crippen LogP contribution >= 0.6 is 22.6 Å². The first-order chi connectivity index (χ1) is 10.5. The quantitative estimate of drug-likeness (QED) is 0.319. The molecule has 0 amide bonds. The van der Waals surface area contributed by atoms with E-state index in [1.54, 1.807) is 0 Å². The summed E-state index contributed by atoms with van der Waals surface area (Å²) in [5.74, 6) is -3.16. The van der Waals surface area contributed by atoms with Crippen LogP contribution in [0.25, 0.3) is 0 Å². The second-order valence-electron chi connectivity index (χ2n) is 5.17. The van der Waals surface area contributed by atoms with E-state index < -0.39 is 29.6 Å². The molecule has 0 heterocycles. The Hall–Kier alpha value is -1.44. The van der Waals surface area contributed by atoms with Crippen LogP contribution < -0.4 is 0 Å². The highest BCUT2D eigenvalue weighted by atomic mass is 127. The number of ether oxygens (including phenoxy) is 2. The standard InChI is InChI=1S/C16H17IO5/c1-21-15(19)11-7-8-12(17)13(11)14(18)16(20)22-9-10-5-3-2-4-6-10/h2-6,11-13H,7-9H2,1H3/t11-,12+,13?/m1/s1. The molecular weight excluding hydrogens is 399 g/mol. The molecule has 118 valence electrons. The van der Waals surface area contributed by atoms with Crippen LogP contribution in [0.5, 0.6) is 0 Å². The molecule has 22 heavy (non-hydrogen) atoms. The van der Waals surface area contributed by atoms with Gasteiger partial charge < -0.3 is 9.47 Å². The van der Waals surface area contributed by atoms with Crippen molar-refractivity contribution in [3.63, 3.8) is 0 Å². The number of ketones is 1. The zero-order chi connectivity index (χ0) is 16.1. The second-order valence-corrected chi connectivity index (χ2v) is 6.77. The van der Waals surface area contributed by atoms with Gasteiger partial charge in [-0.2, -0.15) is 0 Å². The largest absolute Gasteiger partial charge is 0.469 e. The maximum Gasteiger partial charge on any atom is 0.375 e. The molecule has 1 aromatic carbocycles. The highest BCUT2D eigenvalue weighted by Crippen LogP contribution is 2.38. The van der Waals surface area contributed by atoms with E-state index in [-0.39, 0.29) is 10.5 Å². The molecule has 6 heteroatoms. The lowest BCUT2D eigenvalue weighted by atomic mass is 9.92. The van der Waals surface area contributed by atoms with Crippen molar-refractivity contribution < 1.29 is 23.9 Å². The fourth-order valence-electron chi connectivity index (χ4n) is 2.64. The zero-order valence-electron chi connectivity index (χ0n) is 12.2. The highest BCUT2D eigenvalue weighted by molar-refractivity contribution is 14.1. The molecule has 0 radical (unpaired) electrons. The summed E-state index contributed by atoms with van der Waals surface area (Å²) in [5, 5.41) is 0. The van der Waals surface area contributed by atoms with Crippen molar-refractivity contribution in [3.05, 3.63) is 35.9 Å². The minimum Gasteiger partial charge on any atom is -0.469 e. The first-order valence-electron chi connectivity index (χ1n) is 7.01. The van der Waals surface area contributed by atoms with Crippen LogP contribution in [0.3, 0.4) is 0 Å². The summed E-state index contributed by atoms with van der Waals surface area (Å²) in [6.07, 6.45) is 1.27. The van der Waals surface area contributed by atoms with Crippen LogP contribution in [0, 0.1) is 11.8 Å². The van der Waals surface area contributed by atoms with Crippen molar-refractivity contribution in [2.75, 3.05) is 7.11 Å². The third-order valence-corrected chi connectivity index (χ3v) is 5.19. The van der Waals surface area contributed by atoms with Gasteiger partial charge in [-0.1, -0.05) is 52.9 Å². The minimum absolute atomic E-state index is 0.0485. The molecule has 5 nitrogen and oxygen atoms in total. The van der Waals surface area contributed by atoms with Gasteiger partial charge in [0.05, 0.1) is 18.9 Å². The van der Waals surface area contributed by atoms with Gasteiger partial charge in [-0.15, -0.1) is 0 Å². The van der Waals surface area contributed by atoms with Crippen molar-refractivity contribution in [2.45, 2.75) is 23.4 Å². The van der Waals surface area contributed by atoms with Gasteiger partial charge in [0.25, 0.3) is 0 Å². The first-order valence-corrected chi connectivity index (χ1v) is 8.26. The van der Waals surface area contributed by atoms with Gasteiger partial charge in [0.1, 0.15) is 6.61 Å². The van der Waals surface area contributed by atoms with Gasteiger partial charge >= 0.3 is 11.9 Å². The predicted molar refractivity (Wildman–Crippen MR) is 87.3 cm³/mol. The Morgan fingerprint density at radius 3 is 2.50 bits per heavy atom. The predicted octanol–water partition coefficient (Wildman–Crippen LogP) is 2.30. The van der Waals surface area contributed by atoms with Crippen molar-refractivity contribution in [1.29, 1.82) is 0 Å². The van der Waals surface area contributed by atoms with Gasteiger partial charge in [-0.3, -0.25) is 9.59 Å².